The first-order valence-electron chi connectivity index (χ1n) is 2.85. The van der Waals surface area contributed by atoms with E-state index < -0.39 is 21.1 Å². The van der Waals surface area contributed by atoms with Crippen LogP contribution in [0.4, 0.5) is 0 Å². The third-order valence-electron chi connectivity index (χ3n) is 1.26. The summed E-state index contributed by atoms with van der Waals surface area (Å²) in [6.45, 7) is 0. The van der Waals surface area contributed by atoms with Gasteiger partial charge in [0.2, 0.25) is 0 Å². The Labute approximate surface area is 63.8 Å². The molecule has 0 amide bonds. The van der Waals surface area contributed by atoms with Crippen molar-refractivity contribution >= 4 is 15.8 Å². The lowest BCUT2D eigenvalue weighted by Gasteiger charge is -2.07. The zero-order valence-electron chi connectivity index (χ0n) is 5.47. The van der Waals surface area contributed by atoms with E-state index in [0.717, 1.165) is 11.5 Å². The van der Waals surface area contributed by atoms with Gasteiger partial charge in [0, 0.05) is 5.41 Å². The largest absolute Gasteiger partial charge is 0.480 e. The summed E-state index contributed by atoms with van der Waals surface area (Å²) in [7, 11) is -3.59. The molecule has 60 valence electrons. The number of carbonyl (C=O) groups is 1. The summed E-state index contributed by atoms with van der Waals surface area (Å²) in [5.74, 6) is -1.34. The molecular weight excluding hydrogens is 168 g/mol. The van der Waals surface area contributed by atoms with Gasteiger partial charge in [-0.05, 0) is 0 Å². The second-order valence-corrected chi connectivity index (χ2v) is 4.02. The minimum Gasteiger partial charge on any atom is -0.480 e. The Hall–Kier alpha value is -1.10. The summed E-state index contributed by atoms with van der Waals surface area (Å²) in [5.41, 5.74) is 0. The molecule has 1 N–H and O–H groups in total. The highest BCUT2D eigenvalue weighted by atomic mass is 32.2. The van der Waals surface area contributed by atoms with Gasteiger partial charge in [0.25, 0.3) is 0 Å². The number of carboxylic acids is 1. The van der Waals surface area contributed by atoms with Gasteiger partial charge in [-0.15, -0.1) is 0 Å². The Morgan fingerprint density at radius 1 is 1.36 bits per heavy atom. The summed E-state index contributed by atoms with van der Waals surface area (Å²) >= 11 is 0. The SMILES string of the molecule is O=C(O)C1C=CC=CS1(=O)=O. The molecule has 0 bridgehead atoms. The van der Waals surface area contributed by atoms with Crippen molar-refractivity contribution in [1.29, 1.82) is 0 Å². The standard InChI is InChI=1S/C6H6O4S/c7-6(8)5-3-1-2-4-11(5,9)10/h1-5H,(H,7,8). The third-order valence-corrected chi connectivity index (χ3v) is 2.87. The van der Waals surface area contributed by atoms with Crippen LogP contribution in [-0.2, 0) is 14.6 Å². The molecule has 0 aromatic carbocycles. The van der Waals surface area contributed by atoms with E-state index in [1.807, 2.05) is 0 Å². The first-order chi connectivity index (χ1) is 5.04. The lowest BCUT2D eigenvalue weighted by molar-refractivity contribution is -0.135. The first-order valence-corrected chi connectivity index (χ1v) is 4.46. The van der Waals surface area contributed by atoms with Gasteiger partial charge in [-0.1, -0.05) is 18.2 Å². The number of hydrogen-bond donors (Lipinski definition) is 1. The Morgan fingerprint density at radius 3 is 2.36 bits per heavy atom. The molecule has 0 aromatic rings. The van der Waals surface area contributed by atoms with Crippen LogP contribution >= 0.6 is 0 Å². The number of sulfone groups is 1. The molecule has 1 aliphatic rings. The second kappa shape index (κ2) is 2.50. The van der Waals surface area contributed by atoms with E-state index >= 15 is 0 Å². The quantitative estimate of drug-likeness (QED) is 0.604. The number of allylic oxidation sites excluding steroid dienone is 2. The third kappa shape index (κ3) is 1.48. The lowest BCUT2D eigenvalue weighted by atomic mass is 10.3. The van der Waals surface area contributed by atoms with Crippen molar-refractivity contribution in [3.8, 4) is 0 Å². The molecule has 5 heteroatoms. The van der Waals surface area contributed by atoms with Crippen LogP contribution in [0.25, 0.3) is 0 Å². The highest BCUT2D eigenvalue weighted by Gasteiger charge is 2.28. The average Bonchev–Trinajstić information content (AvgIpc) is 1.85. The Morgan fingerprint density at radius 2 is 2.00 bits per heavy atom. The van der Waals surface area contributed by atoms with Crippen LogP contribution in [-0.4, -0.2) is 24.7 Å². The highest BCUT2D eigenvalue weighted by molar-refractivity contribution is 7.95. The molecule has 1 heterocycles. The van der Waals surface area contributed by atoms with Gasteiger partial charge in [-0.3, -0.25) is 4.79 Å². The Balaban J connectivity index is 3.09. The first kappa shape index (κ1) is 8.00. The van der Waals surface area contributed by atoms with E-state index in [1.165, 1.54) is 12.2 Å². The van der Waals surface area contributed by atoms with Crippen molar-refractivity contribution in [3.63, 3.8) is 0 Å². The lowest BCUT2D eigenvalue weighted by Crippen LogP contribution is -2.27. The fourth-order valence-electron chi connectivity index (χ4n) is 0.737. The monoisotopic (exact) mass is 174 g/mol. The topological polar surface area (TPSA) is 71.4 Å². The van der Waals surface area contributed by atoms with Crippen LogP contribution in [0.15, 0.2) is 23.6 Å². The van der Waals surface area contributed by atoms with Crippen LogP contribution in [0.3, 0.4) is 0 Å². The molecular formula is C6H6O4S. The van der Waals surface area contributed by atoms with Crippen LogP contribution in [0.2, 0.25) is 0 Å². The van der Waals surface area contributed by atoms with Gasteiger partial charge in [0.15, 0.2) is 15.1 Å². The average molecular weight is 174 g/mol. The smallest absolute Gasteiger partial charge is 0.326 e. The normalized spacial score (nSPS) is 26.7. The molecule has 0 fully saturated rings. The van der Waals surface area contributed by atoms with E-state index in [4.69, 9.17) is 5.11 Å². The summed E-state index contributed by atoms with van der Waals surface area (Å²) in [4.78, 5) is 10.3. The molecule has 0 aromatic heterocycles. The molecule has 4 nitrogen and oxygen atoms in total. The zero-order chi connectivity index (χ0) is 8.48. The summed E-state index contributed by atoms with van der Waals surface area (Å²) < 4.78 is 21.8. The van der Waals surface area contributed by atoms with Gasteiger partial charge in [0.1, 0.15) is 0 Å². The van der Waals surface area contributed by atoms with Crippen molar-refractivity contribution in [1.82, 2.24) is 0 Å². The number of rotatable bonds is 1. The molecule has 1 unspecified atom stereocenters. The maximum atomic E-state index is 10.9. The molecule has 11 heavy (non-hydrogen) atoms. The van der Waals surface area contributed by atoms with Gasteiger partial charge >= 0.3 is 5.97 Å². The predicted molar refractivity (Wildman–Crippen MR) is 38.6 cm³/mol. The summed E-state index contributed by atoms with van der Waals surface area (Å²) in [6.07, 6.45) is 3.84. The molecule has 0 radical (unpaired) electrons. The zero-order valence-corrected chi connectivity index (χ0v) is 6.28. The molecule has 1 atom stereocenters. The van der Waals surface area contributed by atoms with Crippen LogP contribution in [0.1, 0.15) is 0 Å². The van der Waals surface area contributed by atoms with Crippen molar-refractivity contribution in [2.24, 2.45) is 0 Å². The molecule has 1 rings (SSSR count). The molecule has 0 saturated carbocycles. The fraction of sp³-hybridized carbons (Fsp3) is 0.167. The van der Waals surface area contributed by atoms with E-state index in [-0.39, 0.29) is 0 Å². The van der Waals surface area contributed by atoms with E-state index in [0.29, 0.717) is 0 Å². The molecule has 0 saturated heterocycles. The number of carboxylic acid groups (broad SMARTS) is 1. The highest BCUT2D eigenvalue weighted by Crippen LogP contribution is 2.10. The van der Waals surface area contributed by atoms with Crippen molar-refractivity contribution < 1.29 is 18.3 Å². The second-order valence-electron chi connectivity index (χ2n) is 2.06. The molecule has 0 spiro atoms. The number of hydrogen-bond acceptors (Lipinski definition) is 3. The number of aliphatic carboxylic acids is 1. The van der Waals surface area contributed by atoms with E-state index in [2.05, 4.69) is 0 Å². The van der Waals surface area contributed by atoms with Crippen LogP contribution in [0, 0.1) is 0 Å². The van der Waals surface area contributed by atoms with Gasteiger partial charge in [-0.2, -0.15) is 0 Å². The van der Waals surface area contributed by atoms with Gasteiger partial charge in [0.05, 0.1) is 0 Å². The van der Waals surface area contributed by atoms with E-state index in [9.17, 15) is 13.2 Å². The van der Waals surface area contributed by atoms with Gasteiger partial charge in [-0.25, -0.2) is 8.42 Å². The predicted octanol–water partition coefficient (Wildman–Crippen LogP) is -0.0621. The van der Waals surface area contributed by atoms with Crippen LogP contribution in [0.5, 0.6) is 0 Å². The minimum atomic E-state index is -3.59. The van der Waals surface area contributed by atoms with Crippen molar-refractivity contribution in [2.75, 3.05) is 0 Å². The van der Waals surface area contributed by atoms with Crippen molar-refractivity contribution in [2.45, 2.75) is 5.25 Å². The maximum absolute atomic E-state index is 10.9. The minimum absolute atomic E-state index is 0.895. The summed E-state index contributed by atoms with van der Waals surface area (Å²) in [6, 6.07) is 0. The fourth-order valence-corrected chi connectivity index (χ4v) is 1.81. The maximum Gasteiger partial charge on any atom is 0.326 e. The summed E-state index contributed by atoms with van der Waals surface area (Å²) in [5, 5.41) is 7.89. The van der Waals surface area contributed by atoms with Gasteiger partial charge < -0.3 is 5.11 Å². The van der Waals surface area contributed by atoms with Crippen molar-refractivity contribution in [3.05, 3.63) is 23.6 Å². The molecule has 1 aliphatic heterocycles. The Bertz CT molecular complexity index is 322. The Kier molecular flexibility index (Phi) is 1.82. The van der Waals surface area contributed by atoms with Crippen LogP contribution < -0.4 is 0 Å². The van der Waals surface area contributed by atoms with E-state index in [1.54, 1.807) is 0 Å². The molecule has 0 aliphatic carbocycles.